The van der Waals surface area contributed by atoms with E-state index in [1.165, 1.54) is 0 Å². The average molecular weight is 396 g/mol. The zero-order valence-electron chi connectivity index (χ0n) is 17.0. The smallest absolute Gasteiger partial charge is 0.251 e. The standard InChI is InChI=1S/C23H28N2O4/c1-3-4-5-15-29-20-11-9-17(10-12-20)21(26)13-14-22(27)25-19-8-6-7-18(16-19)23(28)24-2/h6-12,16H,3-5,13-15H2,1-2H3,(H,24,28)(H,25,27). The van der Waals surface area contributed by atoms with Crippen LogP contribution < -0.4 is 15.4 Å². The average Bonchev–Trinajstić information content (AvgIpc) is 2.75. The van der Waals surface area contributed by atoms with Crippen LogP contribution in [0.2, 0.25) is 0 Å². The zero-order chi connectivity index (χ0) is 21.1. The van der Waals surface area contributed by atoms with Gasteiger partial charge in [0.15, 0.2) is 5.78 Å². The Kier molecular flexibility index (Phi) is 8.89. The first kappa shape index (κ1) is 22.1. The lowest BCUT2D eigenvalue weighted by Crippen LogP contribution is -2.18. The number of Topliss-reactive ketones (excluding diaryl/α,β-unsaturated/α-hetero) is 1. The van der Waals surface area contributed by atoms with E-state index in [1.807, 2.05) is 0 Å². The number of carbonyl (C=O) groups excluding carboxylic acids is 3. The number of carbonyl (C=O) groups is 3. The summed E-state index contributed by atoms with van der Waals surface area (Å²) in [4.78, 5) is 36.1. The predicted molar refractivity (Wildman–Crippen MR) is 113 cm³/mol. The highest BCUT2D eigenvalue weighted by Gasteiger charge is 2.11. The second kappa shape index (κ2) is 11.6. The van der Waals surface area contributed by atoms with E-state index in [0.717, 1.165) is 25.0 Å². The van der Waals surface area contributed by atoms with E-state index in [9.17, 15) is 14.4 Å². The summed E-state index contributed by atoms with van der Waals surface area (Å²) in [7, 11) is 1.55. The van der Waals surface area contributed by atoms with Crippen LogP contribution in [0.15, 0.2) is 48.5 Å². The molecule has 0 saturated carbocycles. The maximum Gasteiger partial charge on any atom is 0.251 e. The molecule has 0 aliphatic rings. The molecule has 0 atom stereocenters. The Morgan fingerprint density at radius 3 is 2.38 bits per heavy atom. The number of ether oxygens (including phenoxy) is 1. The summed E-state index contributed by atoms with van der Waals surface area (Å²) in [5.74, 6) is 0.139. The lowest BCUT2D eigenvalue weighted by atomic mass is 10.1. The molecular formula is C23H28N2O4. The maximum atomic E-state index is 12.3. The molecular weight excluding hydrogens is 368 g/mol. The molecule has 0 aromatic heterocycles. The van der Waals surface area contributed by atoms with Crippen LogP contribution in [0, 0.1) is 0 Å². The fourth-order valence-corrected chi connectivity index (χ4v) is 2.76. The SMILES string of the molecule is CCCCCOc1ccc(C(=O)CCC(=O)Nc2cccc(C(=O)NC)c2)cc1. The van der Waals surface area contributed by atoms with E-state index >= 15 is 0 Å². The molecule has 0 spiro atoms. The molecule has 0 aliphatic heterocycles. The number of hydrogen-bond acceptors (Lipinski definition) is 4. The molecule has 0 heterocycles. The van der Waals surface area contributed by atoms with Gasteiger partial charge in [-0.15, -0.1) is 0 Å². The Bertz CT molecular complexity index is 831. The van der Waals surface area contributed by atoms with Crippen LogP contribution >= 0.6 is 0 Å². The van der Waals surface area contributed by atoms with Crippen LogP contribution in [0.3, 0.4) is 0 Å². The minimum Gasteiger partial charge on any atom is -0.494 e. The molecule has 0 fully saturated rings. The van der Waals surface area contributed by atoms with Crippen molar-refractivity contribution >= 4 is 23.3 Å². The van der Waals surface area contributed by atoms with Crippen LogP contribution in [-0.2, 0) is 4.79 Å². The van der Waals surface area contributed by atoms with Crippen LogP contribution in [0.5, 0.6) is 5.75 Å². The lowest BCUT2D eigenvalue weighted by Gasteiger charge is -2.08. The van der Waals surface area contributed by atoms with E-state index in [2.05, 4.69) is 17.6 Å². The monoisotopic (exact) mass is 396 g/mol. The van der Waals surface area contributed by atoms with Crippen LogP contribution in [0.25, 0.3) is 0 Å². The summed E-state index contributed by atoms with van der Waals surface area (Å²) >= 11 is 0. The zero-order valence-corrected chi connectivity index (χ0v) is 17.0. The highest BCUT2D eigenvalue weighted by atomic mass is 16.5. The molecule has 0 saturated heterocycles. The third-order valence-electron chi connectivity index (χ3n) is 4.41. The minimum atomic E-state index is -0.275. The summed E-state index contributed by atoms with van der Waals surface area (Å²) in [5, 5.41) is 5.25. The molecule has 0 aliphatic carbocycles. The molecule has 0 bridgehead atoms. The molecule has 6 heteroatoms. The van der Waals surface area contributed by atoms with E-state index in [-0.39, 0.29) is 30.4 Å². The Labute approximate surface area is 171 Å². The molecule has 2 N–H and O–H groups in total. The van der Waals surface area contributed by atoms with Gasteiger partial charge in [0, 0.05) is 36.7 Å². The van der Waals surface area contributed by atoms with Crippen molar-refractivity contribution in [2.75, 3.05) is 19.0 Å². The van der Waals surface area contributed by atoms with Crippen molar-refractivity contribution in [2.45, 2.75) is 39.0 Å². The molecule has 29 heavy (non-hydrogen) atoms. The maximum absolute atomic E-state index is 12.3. The van der Waals surface area contributed by atoms with Crippen molar-refractivity contribution in [3.8, 4) is 5.75 Å². The van der Waals surface area contributed by atoms with Crippen LogP contribution in [0.1, 0.15) is 59.7 Å². The summed E-state index contributed by atoms with van der Waals surface area (Å²) in [6.45, 7) is 2.81. The van der Waals surface area contributed by atoms with Gasteiger partial charge in [-0.2, -0.15) is 0 Å². The summed E-state index contributed by atoms with van der Waals surface area (Å²) in [6, 6.07) is 13.7. The van der Waals surface area contributed by atoms with E-state index < -0.39 is 0 Å². The van der Waals surface area contributed by atoms with Gasteiger partial charge in [-0.25, -0.2) is 0 Å². The molecule has 2 rings (SSSR count). The number of unbranched alkanes of at least 4 members (excludes halogenated alkanes) is 2. The van der Waals surface area contributed by atoms with Gasteiger partial charge in [-0.3, -0.25) is 14.4 Å². The number of benzene rings is 2. The lowest BCUT2D eigenvalue weighted by molar-refractivity contribution is -0.116. The second-order valence-electron chi connectivity index (χ2n) is 6.71. The van der Waals surface area contributed by atoms with Gasteiger partial charge < -0.3 is 15.4 Å². The molecule has 2 aromatic carbocycles. The molecule has 0 radical (unpaired) electrons. The molecule has 2 aromatic rings. The van der Waals surface area contributed by atoms with Crippen molar-refractivity contribution in [2.24, 2.45) is 0 Å². The van der Waals surface area contributed by atoms with Gasteiger partial charge in [-0.1, -0.05) is 25.8 Å². The second-order valence-corrected chi connectivity index (χ2v) is 6.71. The van der Waals surface area contributed by atoms with Crippen molar-refractivity contribution in [1.82, 2.24) is 5.32 Å². The van der Waals surface area contributed by atoms with Crippen molar-refractivity contribution in [3.63, 3.8) is 0 Å². The van der Waals surface area contributed by atoms with Crippen LogP contribution in [0.4, 0.5) is 5.69 Å². The van der Waals surface area contributed by atoms with Gasteiger partial charge in [0.25, 0.3) is 5.91 Å². The molecule has 6 nitrogen and oxygen atoms in total. The van der Waals surface area contributed by atoms with Gasteiger partial charge in [-0.05, 0) is 48.9 Å². The highest BCUT2D eigenvalue weighted by Crippen LogP contribution is 2.16. The summed E-state index contributed by atoms with van der Waals surface area (Å²) in [5.41, 5.74) is 1.53. The minimum absolute atomic E-state index is 0.0678. The summed E-state index contributed by atoms with van der Waals surface area (Å²) < 4.78 is 5.64. The van der Waals surface area contributed by atoms with Crippen molar-refractivity contribution in [3.05, 3.63) is 59.7 Å². The Morgan fingerprint density at radius 2 is 1.69 bits per heavy atom. The van der Waals surface area contributed by atoms with Gasteiger partial charge in [0.05, 0.1) is 6.61 Å². The predicted octanol–water partition coefficient (Wildman–Crippen LogP) is 4.22. The van der Waals surface area contributed by atoms with Crippen molar-refractivity contribution in [1.29, 1.82) is 0 Å². The van der Waals surface area contributed by atoms with Crippen molar-refractivity contribution < 1.29 is 19.1 Å². The van der Waals surface area contributed by atoms with E-state index in [1.54, 1.807) is 55.6 Å². The normalized spacial score (nSPS) is 10.3. The highest BCUT2D eigenvalue weighted by molar-refractivity contribution is 6.00. The fourth-order valence-electron chi connectivity index (χ4n) is 2.76. The number of rotatable bonds is 11. The Morgan fingerprint density at radius 1 is 0.931 bits per heavy atom. The van der Waals surface area contributed by atoms with E-state index in [0.29, 0.717) is 23.4 Å². The third-order valence-corrected chi connectivity index (χ3v) is 4.41. The largest absolute Gasteiger partial charge is 0.494 e. The summed E-state index contributed by atoms with van der Waals surface area (Å²) in [6.07, 6.45) is 3.47. The van der Waals surface area contributed by atoms with E-state index in [4.69, 9.17) is 4.74 Å². The Hall–Kier alpha value is -3.15. The first-order valence-electron chi connectivity index (χ1n) is 9.91. The van der Waals surface area contributed by atoms with Gasteiger partial charge >= 0.3 is 0 Å². The van der Waals surface area contributed by atoms with Crippen LogP contribution in [-0.4, -0.2) is 31.3 Å². The number of amides is 2. The first-order chi connectivity index (χ1) is 14.0. The number of hydrogen-bond donors (Lipinski definition) is 2. The van der Waals surface area contributed by atoms with Gasteiger partial charge in [0.1, 0.15) is 5.75 Å². The molecule has 154 valence electrons. The van der Waals surface area contributed by atoms with Gasteiger partial charge in [0.2, 0.25) is 5.91 Å². The molecule has 0 unspecified atom stereocenters. The topological polar surface area (TPSA) is 84.5 Å². The molecule has 2 amide bonds. The quantitative estimate of drug-likeness (QED) is 0.440. The first-order valence-corrected chi connectivity index (χ1v) is 9.91. The number of nitrogens with one attached hydrogen (secondary N) is 2. The number of anilines is 1. The Balaban J connectivity index is 1.81. The fraction of sp³-hybridized carbons (Fsp3) is 0.348. The third kappa shape index (κ3) is 7.41. The number of ketones is 1.